The molecule has 3 nitrogen and oxygen atoms in total. The zero-order valence-corrected chi connectivity index (χ0v) is 13.2. The first-order chi connectivity index (χ1) is 9.63. The Labute approximate surface area is 128 Å². The quantitative estimate of drug-likeness (QED) is 0.902. The molecule has 1 amide bonds. The van der Waals surface area contributed by atoms with Gasteiger partial charge in [0.25, 0.3) is 0 Å². The van der Waals surface area contributed by atoms with Gasteiger partial charge < -0.3 is 10.6 Å². The minimum Gasteiger partial charge on any atom is -0.342 e. The molecule has 1 aliphatic carbocycles. The third-order valence-electron chi connectivity index (χ3n) is 4.75. The number of likely N-dealkylation sites (tertiary alicyclic amines) is 1. The number of halogens is 1. The molecule has 1 aromatic rings. The first-order valence-corrected chi connectivity index (χ1v) is 8.20. The summed E-state index contributed by atoms with van der Waals surface area (Å²) in [4.78, 5) is 14.5. The number of carbonyl (C=O) groups excluding carboxylic acids is 1. The smallest absolute Gasteiger partial charge is 0.227 e. The van der Waals surface area contributed by atoms with Crippen molar-refractivity contribution in [2.45, 2.75) is 31.7 Å². The minimum atomic E-state index is 0.240. The molecule has 2 fully saturated rings. The van der Waals surface area contributed by atoms with E-state index in [9.17, 15) is 4.79 Å². The summed E-state index contributed by atoms with van der Waals surface area (Å²) < 4.78 is 1.03. The van der Waals surface area contributed by atoms with Crippen LogP contribution < -0.4 is 5.73 Å². The SMILES string of the molecule is NC1CCCC2CN(C(=O)Cc3cccc(Br)c3)CC12. The van der Waals surface area contributed by atoms with Crippen LogP contribution in [0, 0.1) is 11.8 Å². The van der Waals surface area contributed by atoms with E-state index in [-0.39, 0.29) is 11.9 Å². The zero-order valence-electron chi connectivity index (χ0n) is 11.6. The van der Waals surface area contributed by atoms with Crippen LogP contribution in [0.15, 0.2) is 28.7 Å². The summed E-state index contributed by atoms with van der Waals surface area (Å²) in [6.45, 7) is 1.77. The number of hydrogen-bond acceptors (Lipinski definition) is 2. The topological polar surface area (TPSA) is 46.3 Å². The molecule has 20 heavy (non-hydrogen) atoms. The highest BCUT2D eigenvalue weighted by atomic mass is 79.9. The third kappa shape index (κ3) is 2.91. The summed E-state index contributed by atoms with van der Waals surface area (Å²) in [5.41, 5.74) is 7.28. The van der Waals surface area contributed by atoms with Gasteiger partial charge in [-0.3, -0.25) is 4.79 Å². The van der Waals surface area contributed by atoms with E-state index in [0.29, 0.717) is 18.3 Å². The van der Waals surface area contributed by atoms with Gasteiger partial charge in [-0.1, -0.05) is 34.5 Å². The van der Waals surface area contributed by atoms with Crippen molar-refractivity contribution < 1.29 is 4.79 Å². The highest BCUT2D eigenvalue weighted by Gasteiger charge is 2.40. The van der Waals surface area contributed by atoms with E-state index in [1.54, 1.807) is 0 Å². The number of benzene rings is 1. The second-order valence-electron chi connectivity index (χ2n) is 6.12. The Kier molecular flexibility index (Phi) is 4.13. The average molecular weight is 337 g/mol. The van der Waals surface area contributed by atoms with Gasteiger partial charge in [-0.2, -0.15) is 0 Å². The number of hydrogen-bond donors (Lipinski definition) is 1. The molecule has 2 aliphatic rings. The van der Waals surface area contributed by atoms with Crippen molar-refractivity contribution >= 4 is 21.8 Å². The Morgan fingerprint density at radius 2 is 2.20 bits per heavy atom. The van der Waals surface area contributed by atoms with Gasteiger partial charge in [-0.15, -0.1) is 0 Å². The van der Waals surface area contributed by atoms with Gasteiger partial charge >= 0.3 is 0 Å². The van der Waals surface area contributed by atoms with Gasteiger partial charge in [0, 0.05) is 23.6 Å². The monoisotopic (exact) mass is 336 g/mol. The lowest BCUT2D eigenvalue weighted by Crippen LogP contribution is -2.38. The highest BCUT2D eigenvalue weighted by Crippen LogP contribution is 2.35. The fourth-order valence-electron chi connectivity index (χ4n) is 3.65. The highest BCUT2D eigenvalue weighted by molar-refractivity contribution is 9.10. The fourth-order valence-corrected chi connectivity index (χ4v) is 4.10. The van der Waals surface area contributed by atoms with Crippen LogP contribution in [0.2, 0.25) is 0 Å². The number of rotatable bonds is 2. The molecular formula is C16H21BrN2O. The van der Waals surface area contributed by atoms with E-state index in [1.807, 2.05) is 29.2 Å². The van der Waals surface area contributed by atoms with Crippen molar-refractivity contribution in [3.63, 3.8) is 0 Å². The van der Waals surface area contributed by atoms with Gasteiger partial charge in [0.05, 0.1) is 6.42 Å². The zero-order chi connectivity index (χ0) is 14.1. The fraction of sp³-hybridized carbons (Fsp3) is 0.562. The molecule has 108 valence electrons. The Morgan fingerprint density at radius 3 is 2.95 bits per heavy atom. The molecule has 4 heteroatoms. The van der Waals surface area contributed by atoms with Crippen LogP contribution in [-0.4, -0.2) is 29.9 Å². The Hall–Kier alpha value is -0.870. The molecule has 1 aliphatic heterocycles. The van der Waals surface area contributed by atoms with E-state index in [0.717, 1.165) is 29.5 Å². The Balaban J connectivity index is 1.64. The number of nitrogens with zero attached hydrogens (tertiary/aromatic N) is 1. The molecule has 2 N–H and O–H groups in total. The van der Waals surface area contributed by atoms with Gasteiger partial charge in [0.1, 0.15) is 0 Å². The standard InChI is InChI=1S/C16H21BrN2O/c17-13-5-1-3-11(7-13)8-16(20)19-9-12-4-2-6-15(18)14(12)10-19/h1,3,5,7,12,14-15H,2,4,6,8-10,18H2. The first kappa shape index (κ1) is 14.1. The predicted octanol–water partition coefficient (Wildman–Crippen LogP) is 2.58. The molecule has 1 saturated carbocycles. The molecule has 1 heterocycles. The Bertz CT molecular complexity index is 505. The van der Waals surface area contributed by atoms with Crippen molar-refractivity contribution in [2.24, 2.45) is 17.6 Å². The van der Waals surface area contributed by atoms with Crippen LogP contribution in [0.3, 0.4) is 0 Å². The van der Waals surface area contributed by atoms with Crippen LogP contribution in [-0.2, 0) is 11.2 Å². The maximum atomic E-state index is 12.4. The number of nitrogens with two attached hydrogens (primary N) is 1. The molecule has 3 atom stereocenters. The molecule has 3 unspecified atom stereocenters. The third-order valence-corrected chi connectivity index (χ3v) is 5.24. The van der Waals surface area contributed by atoms with Gasteiger partial charge in [-0.25, -0.2) is 0 Å². The van der Waals surface area contributed by atoms with E-state index >= 15 is 0 Å². The van der Waals surface area contributed by atoms with Crippen molar-refractivity contribution in [3.05, 3.63) is 34.3 Å². The maximum Gasteiger partial charge on any atom is 0.227 e. The first-order valence-electron chi connectivity index (χ1n) is 7.41. The van der Waals surface area contributed by atoms with Crippen molar-refractivity contribution in [1.82, 2.24) is 4.90 Å². The maximum absolute atomic E-state index is 12.4. The second-order valence-corrected chi connectivity index (χ2v) is 7.04. The van der Waals surface area contributed by atoms with E-state index in [2.05, 4.69) is 15.9 Å². The Morgan fingerprint density at radius 1 is 1.35 bits per heavy atom. The molecule has 0 radical (unpaired) electrons. The van der Waals surface area contributed by atoms with Crippen LogP contribution in [0.1, 0.15) is 24.8 Å². The van der Waals surface area contributed by atoms with E-state index < -0.39 is 0 Å². The summed E-state index contributed by atoms with van der Waals surface area (Å²) >= 11 is 3.45. The lowest BCUT2D eigenvalue weighted by molar-refractivity contribution is -0.129. The van der Waals surface area contributed by atoms with Crippen molar-refractivity contribution in [3.8, 4) is 0 Å². The molecule has 1 saturated heterocycles. The average Bonchev–Trinajstić information content (AvgIpc) is 2.84. The molecular weight excluding hydrogens is 316 g/mol. The van der Waals surface area contributed by atoms with Crippen molar-refractivity contribution in [2.75, 3.05) is 13.1 Å². The summed E-state index contributed by atoms with van der Waals surface area (Å²) in [5.74, 6) is 1.39. The van der Waals surface area contributed by atoms with Crippen LogP contribution in [0.25, 0.3) is 0 Å². The molecule has 1 aromatic carbocycles. The summed E-state index contributed by atoms with van der Waals surface area (Å²) in [6, 6.07) is 8.28. The van der Waals surface area contributed by atoms with Gasteiger partial charge in [-0.05, 0) is 42.4 Å². The number of amides is 1. The lowest BCUT2D eigenvalue weighted by Gasteiger charge is -2.29. The number of fused-ring (bicyclic) bond motifs is 1. The molecule has 3 rings (SSSR count). The minimum absolute atomic E-state index is 0.240. The van der Waals surface area contributed by atoms with Crippen LogP contribution >= 0.6 is 15.9 Å². The normalized spacial score (nSPS) is 29.3. The molecule has 0 bridgehead atoms. The predicted molar refractivity (Wildman–Crippen MR) is 83.2 cm³/mol. The van der Waals surface area contributed by atoms with Crippen molar-refractivity contribution in [1.29, 1.82) is 0 Å². The number of carbonyl (C=O) groups is 1. The van der Waals surface area contributed by atoms with Crippen LogP contribution in [0.5, 0.6) is 0 Å². The van der Waals surface area contributed by atoms with Gasteiger partial charge in [0.2, 0.25) is 5.91 Å². The summed E-state index contributed by atoms with van der Waals surface area (Å²) in [7, 11) is 0. The van der Waals surface area contributed by atoms with Crippen LogP contribution in [0.4, 0.5) is 0 Å². The summed E-state index contributed by atoms with van der Waals surface area (Å²) in [6.07, 6.45) is 4.07. The van der Waals surface area contributed by atoms with E-state index in [4.69, 9.17) is 5.73 Å². The molecule has 0 spiro atoms. The largest absolute Gasteiger partial charge is 0.342 e. The van der Waals surface area contributed by atoms with E-state index in [1.165, 1.54) is 12.8 Å². The second kappa shape index (κ2) is 5.86. The lowest BCUT2D eigenvalue weighted by atomic mass is 9.78. The molecule has 0 aromatic heterocycles. The summed E-state index contributed by atoms with van der Waals surface area (Å²) in [5, 5.41) is 0. The van der Waals surface area contributed by atoms with Gasteiger partial charge in [0.15, 0.2) is 0 Å².